The van der Waals surface area contributed by atoms with Crippen molar-refractivity contribution < 1.29 is 23.5 Å². The third kappa shape index (κ3) is 5.29. The summed E-state index contributed by atoms with van der Waals surface area (Å²) in [5.41, 5.74) is 1.73. The van der Waals surface area contributed by atoms with Crippen LogP contribution in [0.2, 0.25) is 5.02 Å². The first-order chi connectivity index (χ1) is 16.4. The fraction of sp³-hybridized carbons (Fsp3) is 0.120. The van der Waals surface area contributed by atoms with Crippen LogP contribution < -0.4 is 9.47 Å². The number of ether oxygens (including phenoxy) is 2. The molecular formula is C25H18BrClFNO4S. The first kappa shape index (κ1) is 24.3. The number of thioether (sulfide) groups is 1. The van der Waals surface area contributed by atoms with Crippen molar-refractivity contribution in [2.75, 3.05) is 7.11 Å². The Kier molecular flexibility index (Phi) is 7.60. The van der Waals surface area contributed by atoms with Gasteiger partial charge in [-0.2, -0.15) is 0 Å². The van der Waals surface area contributed by atoms with Crippen LogP contribution in [0, 0.1) is 5.82 Å². The smallest absolute Gasteiger partial charge is 0.293 e. The van der Waals surface area contributed by atoms with E-state index in [4.69, 9.17) is 21.1 Å². The maximum atomic E-state index is 14.0. The summed E-state index contributed by atoms with van der Waals surface area (Å²) in [6.07, 6.45) is 1.59. The molecule has 1 aliphatic rings. The van der Waals surface area contributed by atoms with E-state index in [1.807, 2.05) is 18.2 Å². The highest BCUT2D eigenvalue weighted by Gasteiger charge is 2.35. The highest BCUT2D eigenvalue weighted by Crippen LogP contribution is 2.40. The molecule has 3 aromatic rings. The molecule has 0 bridgehead atoms. The fourth-order valence-electron chi connectivity index (χ4n) is 3.31. The lowest BCUT2D eigenvalue weighted by molar-refractivity contribution is -0.123. The molecule has 1 aliphatic heterocycles. The Morgan fingerprint density at radius 1 is 1.09 bits per heavy atom. The molecule has 1 saturated heterocycles. The Hall–Kier alpha value is -2.81. The summed E-state index contributed by atoms with van der Waals surface area (Å²) in [6.45, 7) is 0.111. The zero-order valence-corrected chi connectivity index (χ0v) is 21.0. The minimum absolute atomic E-state index is 0.128. The number of amides is 2. The number of hydrogen-bond acceptors (Lipinski definition) is 5. The molecule has 0 atom stereocenters. The average Bonchev–Trinajstić information content (AvgIpc) is 3.07. The molecule has 0 spiro atoms. The number of imide groups is 1. The summed E-state index contributed by atoms with van der Waals surface area (Å²) in [5, 5.41) is 0.144. The van der Waals surface area contributed by atoms with Crippen LogP contribution in [0.1, 0.15) is 16.7 Å². The fourth-order valence-corrected chi connectivity index (χ4v) is 4.92. The van der Waals surface area contributed by atoms with E-state index >= 15 is 0 Å². The van der Waals surface area contributed by atoms with E-state index in [0.717, 1.165) is 22.2 Å². The van der Waals surface area contributed by atoms with Crippen molar-refractivity contribution in [3.05, 3.63) is 97.6 Å². The second-order valence-corrected chi connectivity index (χ2v) is 9.53. The summed E-state index contributed by atoms with van der Waals surface area (Å²) < 4.78 is 26.0. The predicted octanol–water partition coefficient (Wildman–Crippen LogP) is 7.07. The van der Waals surface area contributed by atoms with Crippen molar-refractivity contribution in [2.45, 2.75) is 13.2 Å². The van der Waals surface area contributed by atoms with E-state index in [0.29, 0.717) is 26.6 Å². The van der Waals surface area contributed by atoms with E-state index in [1.165, 1.54) is 13.2 Å². The van der Waals surface area contributed by atoms with Gasteiger partial charge >= 0.3 is 0 Å². The van der Waals surface area contributed by atoms with Gasteiger partial charge in [-0.3, -0.25) is 14.5 Å². The van der Waals surface area contributed by atoms with Crippen LogP contribution in [0.4, 0.5) is 9.18 Å². The number of hydrogen-bond donors (Lipinski definition) is 0. The van der Waals surface area contributed by atoms with Crippen LogP contribution in [0.25, 0.3) is 6.08 Å². The average molecular weight is 563 g/mol. The number of halogens is 3. The Labute approximate surface area is 213 Å². The van der Waals surface area contributed by atoms with Gasteiger partial charge in [0.2, 0.25) is 0 Å². The van der Waals surface area contributed by atoms with Gasteiger partial charge < -0.3 is 9.47 Å². The van der Waals surface area contributed by atoms with Crippen LogP contribution in [-0.2, 0) is 17.9 Å². The van der Waals surface area contributed by atoms with Crippen molar-refractivity contribution in [1.29, 1.82) is 0 Å². The molecular weight excluding hydrogens is 545 g/mol. The first-order valence-electron chi connectivity index (χ1n) is 10.1. The minimum atomic E-state index is -0.479. The van der Waals surface area contributed by atoms with Gasteiger partial charge in [-0.25, -0.2) is 4.39 Å². The van der Waals surface area contributed by atoms with Crippen LogP contribution >= 0.6 is 39.3 Å². The van der Waals surface area contributed by atoms with Crippen molar-refractivity contribution in [3.8, 4) is 11.5 Å². The standard InChI is InChI=1S/C25H18BrClFNO4S/c1-32-21-11-15(10-18(26)23(21)33-14-17-7-2-4-8-19(17)27)12-22-24(30)29(25(31)34-22)13-16-6-3-5-9-20(16)28/h2-12H,13-14H2,1H3/b22-12-. The molecule has 34 heavy (non-hydrogen) atoms. The number of carbonyl (C=O) groups excluding carboxylic acids is 2. The largest absolute Gasteiger partial charge is 0.493 e. The number of carbonyl (C=O) groups is 2. The molecule has 4 rings (SSSR count). The molecule has 0 aromatic heterocycles. The molecule has 0 radical (unpaired) electrons. The molecule has 2 amide bonds. The van der Waals surface area contributed by atoms with Gasteiger partial charge in [-0.1, -0.05) is 48.0 Å². The number of benzene rings is 3. The lowest BCUT2D eigenvalue weighted by Gasteiger charge is -2.14. The SMILES string of the molecule is COc1cc(/C=C2\SC(=O)N(Cc3ccccc3F)C2=O)cc(Br)c1OCc1ccccc1Cl. The summed E-state index contributed by atoms with van der Waals surface area (Å²) in [6, 6.07) is 16.9. The highest BCUT2D eigenvalue weighted by atomic mass is 79.9. The molecule has 1 heterocycles. The Morgan fingerprint density at radius 3 is 2.50 bits per heavy atom. The zero-order chi connectivity index (χ0) is 24.2. The zero-order valence-electron chi connectivity index (χ0n) is 17.9. The van der Waals surface area contributed by atoms with Gasteiger partial charge in [-0.15, -0.1) is 0 Å². The van der Waals surface area contributed by atoms with E-state index in [1.54, 1.807) is 42.5 Å². The topological polar surface area (TPSA) is 55.8 Å². The van der Waals surface area contributed by atoms with E-state index < -0.39 is 17.0 Å². The highest BCUT2D eigenvalue weighted by molar-refractivity contribution is 9.10. The van der Waals surface area contributed by atoms with E-state index in [9.17, 15) is 14.0 Å². The molecule has 5 nitrogen and oxygen atoms in total. The third-order valence-electron chi connectivity index (χ3n) is 5.04. The molecule has 1 fully saturated rings. The van der Waals surface area contributed by atoms with E-state index in [-0.39, 0.29) is 23.6 Å². The maximum absolute atomic E-state index is 14.0. The van der Waals surface area contributed by atoms with Gasteiger partial charge in [0.25, 0.3) is 11.1 Å². The molecule has 0 aliphatic carbocycles. The Morgan fingerprint density at radius 2 is 1.79 bits per heavy atom. The second-order valence-electron chi connectivity index (χ2n) is 7.27. The molecule has 0 saturated carbocycles. The van der Waals surface area contributed by atoms with Crippen LogP contribution in [0.15, 0.2) is 70.0 Å². The van der Waals surface area contributed by atoms with Crippen LogP contribution in [0.5, 0.6) is 11.5 Å². The quantitative estimate of drug-likeness (QED) is 0.288. The number of rotatable bonds is 7. The number of nitrogens with zero attached hydrogens (tertiary/aromatic N) is 1. The maximum Gasteiger partial charge on any atom is 0.293 e. The van der Waals surface area contributed by atoms with Gasteiger partial charge in [0.15, 0.2) is 11.5 Å². The normalized spacial score (nSPS) is 14.7. The van der Waals surface area contributed by atoms with Gasteiger partial charge in [0.05, 0.1) is 23.0 Å². The molecule has 174 valence electrons. The van der Waals surface area contributed by atoms with Gasteiger partial charge in [-0.05, 0) is 63.6 Å². The van der Waals surface area contributed by atoms with E-state index in [2.05, 4.69) is 15.9 Å². The summed E-state index contributed by atoms with van der Waals surface area (Å²) in [7, 11) is 1.51. The summed E-state index contributed by atoms with van der Waals surface area (Å²) >= 11 is 10.5. The van der Waals surface area contributed by atoms with Crippen molar-refractivity contribution in [3.63, 3.8) is 0 Å². The van der Waals surface area contributed by atoms with Crippen LogP contribution in [-0.4, -0.2) is 23.2 Å². The third-order valence-corrected chi connectivity index (χ3v) is 6.90. The lowest BCUT2D eigenvalue weighted by Crippen LogP contribution is -2.27. The Bertz CT molecular complexity index is 1300. The monoisotopic (exact) mass is 561 g/mol. The number of methoxy groups -OCH3 is 1. The van der Waals surface area contributed by atoms with Crippen LogP contribution in [0.3, 0.4) is 0 Å². The molecule has 0 N–H and O–H groups in total. The van der Waals surface area contributed by atoms with Crippen molar-refractivity contribution in [1.82, 2.24) is 4.90 Å². The van der Waals surface area contributed by atoms with Gasteiger partial charge in [0, 0.05) is 16.1 Å². The lowest BCUT2D eigenvalue weighted by atomic mass is 10.1. The minimum Gasteiger partial charge on any atom is -0.493 e. The molecule has 9 heteroatoms. The second kappa shape index (κ2) is 10.6. The van der Waals surface area contributed by atoms with Crippen molar-refractivity contribution >= 4 is 56.5 Å². The Balaban J connectivity index is 1.55. The van der Waals surface area contributed by atoms with Crippen molar-refractivity contribution in [2.24, 2.45) is 0 Å². The first-order valence-corrected chi connectivity index (χ1v) is 12.1. The molecule has 0 unspecified atom stereocenters. The van der Waals surface area contributed by atoms with Gasteiger partial charge in [0.1, 0.15) is 12.4 Å². The summed E-state index contributed by atoms with van der Waals surface area (Å²) in [4.78, 5) is 26.5. The summed E-state index contributed by atoms with van der Waals surface area (Å²) in [5.74, 6) is -0.0237. The predicted molar refractivity (Wildman–Crippen MR) is 134 cm³/mol. The molecule has 3 aromatic carbocycles.